The first kappa shape index (κ1) is 17.4. The number of halogens is 2. The third kappa shape index (κ3) is 4.97. The van der Waals surface area contributed by atoms with E-state index < -0.39 is 18.7 Å². The first-order valence-electron chi connectivity index (χ1n) is 6.96. The number of ether oxygens (including phenoxy) is 1. The van der Waals surface area contributed by atoms with Crippen LogP contribution in [0.25, 0.3) is 0 Å². The van der Waals surface area contributed by atoms with Gasteiger partial charge in [0.2, 0.25) is 5.91 Å². The van der Waals surface area contributed by atoms with Crippen molar-refractivity contribution in [3.8, 4) is 5.75 Å². The number of hydrogen-bond acceptors (Lipinski definition) is 3. The van der Waals surface area contributed by atoms with Gasteiger partial charge in [-0.1, -0.05) is 38.5 Å². The van der Waals surface area contributed by atoms with Crippen LogP contribution in [-0.2, 0) is 4.79 Å². The minimum Gasteiger partial charge on any atom is -0.434 e. The van der Waals surface area contributed by atoms with E-state index in [2.05, 4.69) is 10.1 Å². The summed E-state index contributed by atoms with van der Waals surface area (Å²) in [6.45, 7) is 2.64. The Morgan fingerprint density at radius 2 is 1.95 bits per heavy atom. The molecule has 0 aliphatic carbocycles. The van der Waals surface area contributed by atoms with E-state index in [1.165, 1.54) is 6.07 Å². The Morgan fingerprint density at radius 1 is 1.33 bits per heavy atom. The third-order valence-corrected chi connectivity index (χ3v) is 3.52. The summed E-state index contributed by atoms with van der Waals surface area (Å²) in [6, 6.07) is 5.28. The maximum atomic E-state index is 12.4. The van der Waals surface area contributed by atoms with E-state index in [0.717, 1.165) is 6.42 Å². The van der Waals surface area contributed by atoms with E-state index in [1.807, 2.05) is 13.8 Å². The van der Waals surface area contributed by atoms with E-state index in [4.69, 9.17) is 5.73 Å². The SMILES string of the molecule is CCC(C)C(N)C(=O)NC(C)c1ccccc1OC(F)F. The maximum Gasteiger partial charge on any atom is 0.387 e. The van der Waals surface area contributed by atoms with Gasteiger partial charge < -0.3 is 15.8 Å². The standard InChI is InChI=1S/C15H22F2N2O2/c1-4-9(2)13(18)14(20)19-10(3)11-7-5-6-8-12(11)21-15(16)17/h5-10,13,15H,4,18H2,1-3H3,(H,19,20). The van der Waals surface area contributed by atoms with Crippen molar-refractivity contribution in [2.75, 3.05) is 0 Å². The van der Waals surface area contributed by atoms with E-state index in [-0.39, 0.29) is 17.6 Å². The van der Waals surface area contributed by atoms with Crippen molar-refractivity contribution in [1.29, 1.82) is 0 Å². The summed E-state index contributed by atoms with van der Waals surface area (Å²) in [7, 11) is 0. The van der Waals surface area contributed by atoms with Gasteiger partial charge in [-0.15, -0.1) is 0 Å². The summed E-state index contributed by atoms with van der Waals surface area (Å²) in [5.41, 5.74) is 6.34. The molecule has 1 aromatic rings. The van der Waals surface area contributed by atoms with Crippen molar-refractivity contribution >= 4 is 5.91 Å². The molecule has 3 unspecified atom stereocenters. The lowest BCUT2D eigenvalue weighted by Crippen LogP contribution is -2.45. The number of benzene rings is 1. The molecule has 1 rings (SSSR count). The predicted molar refractivity (Wildman–Crippen MR) is 77.1 cm³/mol. The molecule has 3 atom stereocenters. The summed E-state index contributed by atoms with van der Waals surface area (Å²) < 4.78 is 29.2. The molecule has 0 spiro atoms. The Bertz CT molecular complexity index is 469. The normalized spacial score (nSPS) is 15.4. The number of rotatable bonds is 7. The maximum absolute atomic E-state index is 12.4. The fourth-order valence-corrected chi connectivity index (χ4v) is 1.94. The van der Waals surface area contributed by atoms with Gasteiger partial charge in [0.15, 0.2) is 0 Å². The fraction of sp³-hybridized carbons (Fsp3) is 0.533. The van der Waals surface area contributed by atoms with Gasteiger partial charge in [0.05, 0.1) is 12.1 Å². The lowest BCUT2D eigenvalue weighted by atomic mass is 9.98. The zero-order valence-electron chi connectivity index (χ0n) is 12.5. The molecule has 0 aliphatic rings. The van der Waals surface area contributed by atoms with Crippen LogP contribution in [0.2, 0.25) is 0 Å². The van der Waals surface area contributed by atoms with E-state index in [0.29, 0.717) is 5.56 Å². The number of hydrogen-bond donors (Lipinski definition) is 2. The van der Waals surface area contributed by atoms with E-state index in [1.54, 1.807) is 25.1 Å². The molecule has 4 nitrogen and oxygen atoms in total. The van der Waals surface area contributed by atoms with Crippen molar-refractivity contribution in [2.24, 2.45) is 11.7 Å². The van der Waals surface area contributed by atoms with Gasteiger partial charge >= 0.3 is 6.61 Å². The van der Waals surface area contributed by atoms with Crippen LogP contribution in [0.4, 0.5) is 8.78 Å². The van der Waals surface area contributed by atoms with Crippen molar-refractivity contribution < 1.29 is 18.3 Å². The number of para-hydroxylation sites is 1. The van der Waals surface area contributed by atoms with Crippen LogP contribution < -0.4 is 15.8 Å². The second-order valence-electron chi connectivity index (χ2n) is 5.06. The number of amides is 1. The Balaban J connectivity index is 2.80. The largest absolute Gasteiger partial charge is 0.434 e. The van der Waals surface area contributed by atoms with Crippen LogP contribution in [0.15, 0.2) is 24.3 Å². The molecule has 1 aromatic carbocycles. The molecule has 0 bridgehead atoms. The molecular weight excluding hydrogens is 278 g/mol. The second kappa shape index (κ2) is 7.93. The molecule has 6 heteroatoms. The summed E-state index contributed by atoms with van der Waals surface area (Å²) in [5.74, 6) is -0.203. The van der Waals surface area contributed by atoms with Crippen molar-refractivity contribution in [2.45, 2.75) is 45.9 Å². The summed E-state index contributed by atoms with van der Waals surface area (Å²) >= 11 is 0. The predicted octanol–water partition coefficient (Wildman–Crippen LogP) is 2.84. The van der Waals surface area contributed by atoms with Crippen LogP contribution in [0, 0.1) is 5.92 Å². The van der Waals surface area contributed by atoms with Gasteiger partial charge in [-0.25, -0.2) is 0 Å². The quantitative estimate of drug-likeness (QED) is 0.814. The van der Waals surface area contributed by atoms with Gasteiger partial charge in [-0.2, -0.15) is 8.78 Å². The zero-order chi connectivity index (χ0) is 16.0. The molecule has 0 aromatic heterocycles. The Morgan fingerprint density at radius 3 is 2.52 bits per heavy atom. The first-order chi connectivity index (χ1) is 9.86. The fourth-order valence-electron chi connectivity index (χ4n) is 1.94. The molecule has 0 heterocycles. The Kier molecular flexibility index (Phi) is 6.55. The van der Waals surface area contributed by atoms with Crippen LogP contribution in [0.3, 0.4) is 0 Å². The number of carbonyl (C=O) groups excluding carboxylic acids is 1. The highest BCUT2D eigenvalue weighted by atomic mass is 19.3. The molecule has 0 saturated heterocycles. The third-order valence-electron chi connectivity index (χ3n) is 3.52. The van der Waals surface area contributed by atoms with Gasteiger partial charge in [0.25, 0.3) is 0 Å². The molecule has 0 fully saturated rings. The average Bonchev–Trinajstić information content (AvgIpc) is 2.45. The van der Waals surface area contributed by atoms with Gasteiger partial charge in [-0.05, 0) is 18.9 Å². The van der Waals surface area contributed by atoms with Crippen LogP contribution in [0.5, 0.6) is 5.75 Å². The van der Waals surface area contributed by atoms with Gasteiger partial charge in [-0.3, -0.25) is 4.79 Å². The first-order valence-corrected chi connectivity index (χ1v) is 6.96. The number of nitrogens with two attached hydrogens (primary N) is 1. The minimum absolute atomic E-state index is 0.0461. The second-order valence-corrected chi connectivity index (χ2v) is 5.06. The lowest BCUT2D eigenvalue weighted by molar-refractivity contribution is -0.124. The summed E-state index contributed by atoms with van der Waals surface area (Å²) in [6.07, 6.45) is 0.786. The number of nitrogens with one attached hydrogen (secondary N) is 1. The van der Waals surface area contributed by atoms with Crippen molar-refractivity contribution in [1.82, 2.24) is 5.32 Å². The molecule has 118 valence electrons. The number of carbonyl (C=O) groups is 1. The average molecular weight is 300 g/mol. The minimum atomic E-state index is -2.91. The highest BCUT2D eigenvalue weighted by Crippen LogP contribution is 2.26. The van der Waals surface area contributed by atoms with Crippen molar-refractivity contribution in [3.63, 3.8) is 0 Å². The molecule has 21 heavy (non-hydrogen) atoms. The molecular formula is C15H22F2N2O2. The highest BCUT2D eigenvalue weighted by Gasteiger charge is 2.22. The Labute approximate surface area is 123 Å². The molecule has 0 saturated carbocycles. The van der Waals surface area contributed by atoms with E-state index >= 15 is 0 Å². The monoisotopic (exact) mass is 300 g/mol. The van der Waals surface area contributed by atoms with Crippen LogP contribution >= 0.6 is 0 Å². The lowest BCUT2D eigenvalue weighted by Gasteiger charge is -2.22. The summed E-state index contributed by atoms with van der Waals surface area (Å²) in [5, 5.41) is 2.74. The zero-order valence-corrected chi connectivity index (χ0v) is 12.5. The van der Waals surface area contributed by atoms with Crippen LogP contribution in [0.1, 0.15) is 38.8 Å². The molecule has 3 N–H and O–H groups in total. The van der Waals surface area contributed by atoms with Gasteiger partial charge in [0, 0.05) is 5.56 Å². The van der Waals surface area contributed by atoms with Crippen molar-refractivity contribution in [3.05, 3.63) is 29.8 Å². The smallest absolute Gasteiger partial charge is 0.387 e. The molecule has 1 amide bonds. The topological polar surface area (TPSA) is 64.4 Å². The Hall–Kier alpha value is -1.69. The molecule has 0 aliphatic heterocycles. The number of alkyl halides is 2. The highest BCUT2D eigenvalue weighted by molar-refractivity contribution is 5.82. The summed E-state index contributed by atoms with van der Waals surface area (Å²) in [4.78, 5) is 12.0. The van der Waals surface area contributed by atoms with Gasteiger partial charge in [0.1, 0.15) is 5.75 Å². The van der Waals surface area contributed by atoms with Crippen LogP contribution in [-0.4, -0.2) is 18.6 Å². The molecule has 0 radical (unpaired) electrons. The van der Waals surface area contributed by atoms with E-state index in [9.17, 15) is 13.6 Å².